The minimum Gasteiger partial charge on any atom is -0.359 e. The largest absolute Gasteiger partial charge is 0.359 e. The zero-order valence-corrected chi connectivity index (χ0v) is 14.7. The van der Waals surface area contributed by atoms with E-state index >= 15 is 0 Å². The van der Waals surface area contributed by atoms with Gasteiger partial charge < -0.3 is 9.42 Å². The van der Waals surface area contributed by atoms with Crippen molar-refractivity contribution in [1.29, 1.82) is 0 Å². The molecule has 1 fully saturated rings. The van der Waals surface area contributed by atoms with Gasteiger partial charge in [-0.1, -0.05) is 12.1 Å². The Morgan fingerprint density at radius 2 is 2.33 bits per heavy atom. The van der Waals surface area contributed by atoms with Crippen LogP contribution in [0.3, 0.4) is 0 Å². The average Bonchev–Trinajstić information content (AvgIpc) is 3.31. The highest BCUT2D eigenvalue weighted by Crippen LogP contribution is 2.34. The van der Waals surface area contributed by atoms with Crippen molar-refractivity contribution in [2.24, 2.45) is 0 Å². The number of halogens is 1. The third kappa shape index (κ3) is 2.50. The van der Waals surface area contributed by atoms with Crippen LogP contribution in [0.25, 0.3) is 5.65 Å². The molecule has 0 saturated carbocycles. The second kappa shape index (κ2) is 6.01. The lowest BCUT2D eigenvalue weighted by atomic mass is 10.1. The maximum absolute atomic E-state index is 13.0. The SMILES string of the molecule is CCc1cc([C@H]2CCCN2C(=O)c2cnn3cc(Br)cnc23)on1. The molecule has 4 rings (SSSR count). The van der Waals surface area contributed by atoms with E-state index in [0.717, 1.165) is 35.2 Å². The first-order valence-corrected chi connectivity index (χ1v) is 8.72. The summed E-state index contributed by atoms with van der Waals surface area (Å²) in [4.78, 5) is 19.2. The molecule has 0 aliphatic carbocycles. The fourth-order valence-corrected chi connectivity index (χ4v) is 3.41. The highest BCUT2D eigenvalue weighted by Gasteiger charge is 2.34. The molecular weight excluding hydrogens is 374 g/mol. The minimum atomic E-state index is -0.0734. The van der Waals surface area contributed by atoms with Crippen molar-refractivity contribution in [1.82, 2.24) is 24.7 Å². The summed E-state index contributed by atoms with van der Waals surface area (Å²) in [6.45, 7) is 2.72. The van der Waals surface area contributed by atoms with Crippen molar-refractivity contribution in [3.05, 3.63) is 46.1 Å². The predicted octanol–water partition coefficient (Wildman–Crippen LogP) is 3.02. The highest BCUT2D eigenvalue weighted by molar-refractivity contribution is 9.10. The molecule has 1 amide bonds. The molecule has 0 bridgehead atoms. The Bertz CT molecular complexity index is 903. The van der Waals surface area contributed by atoms with E-state index in [1.807, 2.05) is 17.9 Å². The maximum atomic E-state index is 13.0. The molecule has 4 heterocycles. The average molecular weight is 390 g/mol. The number of carbonyl (C=O) groups is 1. The Kier molecular flexibility index (Phi) is 3.84. The zero-order valence-electron chi connectivity index (χ0n) is 13.1. The minimum absolute atomic E-state index is 0.0724. The van der Waals surface area contributed by atoms with E-state index in [1.54, 1.807) is 23.1 Å². The molecule has 3 aromatic heterocycles. The maximum Gasteiger partial charge on any atom is 0.259 e. The van der Waals surface area contributed by atoms with Gasteiger partial charge in [-0.25, -0.2) is 9.50 Å². The molecule has 124 valence electrons. The van der Waals surface area contributed by atoms with Crippen molar-refractivity contribution < 1.29 is 9.32 Å². The van der Waals surface area contributed by atoms with Crippen LogP contribution in [0.2, 0.25) is 0 Å². The summed E-state index contributed by atoms with van der Waals surface area (Å²) in [5.41, 5.74) is 1.97. The van der Waals surface area contributed by atoms with Gasteiger partial charge in [-0.05, 0) is 35.2 Å². The van der Waals surface area contributed by atoms with Gasteiger partial charge in [0.15, 0.2) is 11.4 Å². The van der Waals surface area contributed by atoms with Crippen LogP contribution >= 0.6 is 15.9 Å². The van der Waals surface area contributed by atoms with Gasteiger partial charge in [-0.2, -0.15) is 5.10 Å². The van der Waals surface area contributed by atoms with Gasteiger partial charge in [0, 0.05) is 25.0 Å². The molecule has 1 atom stereocenters. The molecule has 7 nitrogen and oxygen atoms in total. The Balaban J connectivity index is 1.67. The summed E-state index contributed by atoms with van der Waals surface area (Å²) >= 11 is 3.36. The van der Waals surface area contributed by atoms with Crippen LogP contribution in [-0.4, -0.2) is 37.1 Å². The predicted molar refractivity (Wildman–Crippen MR) is 89.6 cm³/mol. The van der Waals surface area contributed by atoms with Crippen LogP contribution in [0.1, 0.15) is 47.6 Å². The summed E-state index contributed by atoms with van der Waals surface area (Å²) in [5.74, 6) is 0.682. The van der Waals surface area contributed by atoms with Gasteiger partial charge in [-0.3, -0.25) is 4.79 Å². The first-order valence-electron chi connectivity index (χ1n) is 7.92. The number of hydrogen-bond donors (Lipinski definition) is 0. The smallest absolute Gasteiger partial charge is 0.259 e. The molecule has 0 aromatic carbocycles. The summed E-state index contributed by atoms with van der Waals surface area (Å²) in [6.07, 6.45) is 7.66. The summed E-state index contributed by atoms with van der Waals surface area (Å²) in [6, 6.07) is 1.87. The molecule has 1 aliphatic rings. The number of rotatable bonds is 3. The number of hydrogen-bond acceptors (Lipinski definition) is 5. The molecule has 0 radical (unpaired) electrons. The molecule has 0 unspecified atom stereocenters. The van der Waals surface area contributed by atoms with E-state index in [1.165, 1.54) is 0 Å². The van der Waals surface area contributed by atoms with Crippen molar-refractivity contribution in [3.63, 3.8) is 0 Å². The third-order valence-electron chi connectivity index (χ3n) is 4.34. The van der Waals surface area contributed by atoms with Gasteiger partial charge in [0.25, 0.3) is 5.91 Å². The van der Waals surface area contributed by atoms with E-state index < -0.39 is 0 Å². The third-order valence-corrected chi connectivity index (χ3v) is 4.75. The van der Waals surface area contributed by atoms with E-state index in [0.29, 0.717) is 17.8 Å². The lowest BCUT2D eigenvalue weighted by Gasteiger charge is -2.22. The van der Waals surface area contributed by atoms with Crippen LogP contribution in [0.15, 0.2) is 33.7 Å². The molecule has 3 aromatic rings. The van der Waals surface area contributed by atoms with E-state index in [2.05, 4.69) is 31.2 Å². The van der Waals surface area contributed by atoms with Gasteiger partial charge in [0.2, 0.25) is 0 Å². The molecule has 1 saturated heterocycles. The number of amides is 1. The fourth-order valence-electron chi connectivity index (χ4n) is 3.11. The van der Waals surface area contributed by atoms with E-state index in [9.17, 15) is 4.79 Å². The van der Waals surface area contributed by atoms with Crippen LogP contribution < -0.4 is 0 Å². The van der Waals surface area contributed by atoms with Gasteiger partial charge in [0.1, 0.15) is 5.56 Å². The molecule has 0 N–H and O–H groups in total. The number of carbonyl (C=O) groups excluding carboxylic acids is 1. The molecule has 0 spiro atoms. The standard InChI is InChI=1S/C16H16BrN5O2/c1-2-11-6-14(24-20-11)13-4-3-5-21(13)16(23)12-8-19-22-9-10(17)7-18-15(12)22/h6-9,13H,2-5H2,1H3/t13-/m1/s1. The van der Waals surface area contributed by atoms with Gasteiger partial charge >= 0.3 is 0 Å². The second-order valence-corrected chi connectivity index (χ2v) is 6.75. The van der Waals surface area contributed by atoms with E-state index in [-0.39, 0.29) is 11.9 Å². The molecular formula is C16H16BrN5O2. The fraction of sp³-hybridized carbons (Fsp3) is 0.375. The Morgan fingerprint density at radius 1 is 1.46 bits per heavy atom. The lowest BCUT2D eigenvalue weighted by Crippen LogP contribution is -2.30. The molecule has 1 aliphatic heterocycles. The summed E-state index contributed by atoms with van der Waals surface area (Å²) in [5, 5.41) is 8.28. The van der Waals surface area contributed by atoms with Crippen molar-refractivity contribution in [3.8, 4) is 0 Å². The Hall–Kier alpha value is -2.22. The number of aromatic nitrogens is 4. The van der Waals surface area contributed by atoms with Gasteiger partial charge in [0.05, 0.1) is 22.4 Å². The number of fused-ring (bicyclic) bond motifs is 1. The zero-order chi connectivity index (χ0) is 16.7. The normalized spacial score (nSPS) is 17.8. The number of nitrogens with zero attached hydrogens (tertiary/aromatic N) is 5. The topological polar surface area (TPSA) is 76.5 Å². The Labute approximate surface area is 146 Å². The first-order chi connectivity index (χ1) is 11.7. The second-order valence-electron chi connectivity index (χ2n) is 5.83. The molecule has 24 heavy (non-hydrogen) atoms. The van der Waals surface area contributed by atoms with Crippen molar-refractivity contribution in [2.75, 3.05) is 6.54 Å². The Morgan fingerprint density at radius 3 is 3.12 bits per heavy atom. The monoisotopic (exact) mass is 389 g/mol. The first kappa shape index (κ1) is 15.3. The van der Waals surface area contributed by atoms with Crippen LogP contribution in [0.5, 0.6) is 0 Å². The van der Waals surface area contributed by atoms with Crippen LogP contribution in [0, 0.1) is 0 Å². The van der Waals surface area contributed by atoms with Gasteiger partial charge in [-0.15, -0.1) is 0 Å². The van der Waals surface area contributed by atoms with Crippen LogP contribution in [-0.2, 0) is 6.42 Å². The number of aryl methyl sites for hydroxylation is 1. The lowest BCUT2D eigenvalue weighted by molar-refractivity contribution is 0.0716. The van der Waals surface area contributed by atoms with Crippen LogP contribution in [0.4, 0.5) is 0 Å². The quantitative estimate of drug-likeness (QED) is 0.687. The number of likely N-dealkylation sites (tertiary alicyclic amines) is 1. The summed E-state index contributed by atoms with van der Waals surface area (Å²) < 4.78 is 7.87. The van der Waals surface area contributed by atoms with Crippen molar-refractivity contribution >= 4 is 27.5 Å². The van der Waals surface area contributed by atoms with E-state index in [4.69, 9.17) is 4.52 Å². The summed E-state index contributed by atoms with van der Waals surface area (Å²) in [7, 11) is 0. The molecule has 8 heteroatoms. The highest BCUT2D eigenvalue weighted by atomic mass is 79.9. The van der Waals surface area contributed by atoms with Crippen molar-refractivity contribution in [2.45, 2.75) is 32.2 Å².